The van der Waals surface area contributed by atoms with Crippen molar-refractivity contribution in [2.75, 3.05) is 0 Å². The number of thiazole rings is 1. The van der Waals surface area contributed by atoms with Crippen LogP contribution in [0.2, 0.25) is 0 Å². The molecule has 21 heavy (non-hydrogen) atoms. The van der Waals surface area contributed by atoms with E-state index in [-0.39, 0.29) is 10.6 Å². The number of nitrogens with one attached hydrogen (secondary N) is 1. The van der Waals surface area contributed by atoms with Crippen LogP contribution in [0.25, 0.3) is 0 Å². The third kappa shape index (κ3) is 3.14. The molecule has 0 aliphatic heterocycles. The molecule has 2 heterocycles. The van der Waals surface area contributed by atoms with Gasteiger partial charge in [0.15, 0.2) is 0 Å². The first-order valence-electron chi connectivity index (χ1n) is 5.97. The Labute approximate surface area is 126 Å². The fourth-order valence-electron chi connectivity index (χ4n) is 1.86. The Balaban J connectivity index is 2.35. The van der Waals surface area contributed by atoms with E-state index in [1.54, 1.807) is 25.4 Å². The van der Waals surface area contributed by atoms with E-state index in [1.165, 1.54) is 29.1 Å². The summed E-state index contributed by atoms with van der Waals surface area (Å²) in [4.78, 5) is 15.0. The van der Waals surface area contributed by atoms with Crippen molar-refractivity contribution in [2.24, 2.45) is 7.05 Å². The number of hydrogen-bond donors (Lipinski definition) is 2. The number of sulfonamides is 1. The molecule has 2 N–H and O–H groups in total. The highest BCUT2D eigenvalue weighted by Gasteiger charge is 2.31. The van der Waals surface area contributed by atoms with Crippen LogP contribution in [0.1, 0.15) is 29.3 Å². The molecular weight excluding hydrogens is 314 g/mol. The molecule has 9 heteroatoms. The van der Waals surface area contributed by atoms with Crippen LogP contribution in [-0.4, -0.2) is 29.0 Å². The van der Waals surface area contributed by atoms with Gasteiger partial charge >= 0.3 is 5.97 Å². The number of rotatable bonds is 5. The molecule has 0 unspecified atom stereocenters. The molecule has 0 amide bonds. The van der Waals surface area contributed by atoms with Gasteiger partial charge < -0.3 is 9.67 Å². The maximum atomic E-state index is 12.4. The van der Waals surface area contributed by atoms with Crippen LogP contribution in [0, 0.1) is 0 Å². The average molecular weight is 329 g/mol. The lowest BCUT2D eigenvalue weighted by atomic mass is 10.1. The maximum Gasteiger partial charge on any atom is 0.352 e. The first-order valence-corrected chi connectivity index (χ1v) is 8.33. The van der Waals surface area contributed by atoms with Gasteiger partial charge in [-0.2, -0.15) is 4.72 Å². The number of carboxylic acids is 1. The van der Waals surface area contributed by atoms with Gasteiger partial charge in [0.2, 0.25) is 10.0 Å². The normalized spacial score (nSPS) is 12.5. The predicted molar refractivity (Wildman–Crippen MR) is 77.8 cm³/mol. The van der Waals surface area contributed by atoms with E-state index >= 15 is 0 Å². The first-order chi connectivity index (χ1) is 9.63. The highest BCUT2D eigenvalue weighted by Crippen LogP contribution is 2.25. The van der Waals surface area contributed by atoms with E-state index in [1.807, 2.05) is 0 Å². The third-order valence-electron chi connectivity index (χ3n) is 2.87. The van der Waals surface area contributed by atoms with E-state index in [0.29, 0.717) is 5.01 Å². The van der Waals surface area contributed by atoms with E-state index in [0.717, 1.165) is 6.07 Å². The number of hydrogen-bond acceptors (Lipinski definition) is 5. The number of carboxylic acid groups (broad SMARTS) is 1. The quantitative estimate of drug-likeness (QED) is 0.863. The average Bonchev–Trinajstić information content (AvgIpc) is 2.95. The zero-order valence-electron chi connectivity index (χ0n) is 11.7. The van der Waals surface area contributed by atoms with E-state index in [9.17, 15) is 13.2 Å². The van der Waals surface area contributed by atoms with Gasteiger partial charge in [0.1, 0.15) is 15.6 Å². The van der Waals surface area contributed by atoms with E-state index in [2.05, 4.69) is 9.71 Å². The molecule has 2 aromatic rings. The molecule has 0 bridgehead atoms. The molecule has 7 nitrogen and oxygen atoms in total. The van der Waals surface area contributed by atoms with Crippen LogP contribution < -0.4 is 4.72 Å². The van der Waals surface area contributed by atoms with Crippen molar-refractivity contribution in [2.45, 2.75) is 24.3 Å². The van der Waals surface area contributed by atoms with Gasteiger partial charge in [-0.3, -0.25) is 0 Å². The second-order valence-corrected chi connectivity index (χ2v) is 7.62. The molecule has 0 aliphatic carbocycles. The van der Waals surface area contributed by atoms with Crippen molar-refractivity contribution in [3.05, 3.63) is 34.5 Å². The van der Waals surface area contributed by atoms with Crippen molar-refractivity contribution in [3.8, 4) is 0 Å². The van der Waals surface area contributed by atoms with Crippen LogP contribution in [-0.2, 0) is 22.6 Å². The highest BCUT2D eigenvalue weighted by molar-refractivity contribution is 7.89. The van der Waals surface area contributed by atoms with Crippen LogP contribution in [0.3, 0.4) is 0 Å². The molecule has 0 saturated carbocycles. The molecule has 0 spiro atoms. The first kappa shape index (κ1) is 15.7. The molecule has 0 fully saturated rings. The summed E-state index contributed by atoms with van der Waals surface area (Å²) in [6.07, 6.45) is 2.87. The molecule has 0 aromatic carbocycles. The number of aromatic carboxylic acids is 1. The molecule has 0 radical (unpaired) electrons. The number of aromatic nitrogens is 2. The molecular formula is C12H15N3O4S2. The Kier molecular flexibility index (Phi) is 3.91. The van der Waals surface area contributed by atoms with Gasteiger partial charge in [-0.15, -0.1) is 11.3 Å². The van der Waals surface area contributed by atoms with Crippen molar-refractivity contribution >= 4 is 27.3 Å². The Morgan fingerprint density at radius 3 is 2.62 bits per heavy atom. The topological polar surface area (TPSA) is 101 Å². The number of nitrogens with zero attached hydrogens (tertiary/aromatic N) is 2. The zero-order chi connectivity index (χ0) is 15.8. The van der Waals surface area contributed by atoms with Crippen LogP contribution >= 0.6 is 11.3 Å². The van der Waals surface area contributed by atoms with Gasteiger partial charge in [-0.25, -0.2) is 18.2 Å². The molecule has 0 atom stereocenters. The summed E-state index contributed by atoms with van der Waals surface area (Å²) in [5.74, 6) is -1.18. The van der Waals surface area contributed by atoms with Crippen LogP contribution in [0.15, 0.2) is 28.7 Å². The highest BCUT2D eigenvalue weighted by atomic mass is 32.2. The van der Waals surface area contributed by atoms with Crippen LogP contribution in [0.4, 0.5) is 0 Å². The van der Waals surface area contributed by atoms with Gasteiger partial charge in [-0.1, -0.05) is 0 Å². The Morgan fingerprint density at radius 2 is 2.14 bits per heavy atom. The predicted octanol–water partition coefficient (Wildman–Crippen LogP) is 1.39. The van der Waals surface area contributed by atoms with E-state index in [4.69, 9.17) is 5.11 Å². The molecule has 2 aromatic heterocycles. The van der Waals surface area contributed by atoms with Crippen molar-refractivity contribution in [1.82, 2.24) is 14.3 Å². The second-order valence-electron chi connectivity index (χ2n) is 5.04. The SMILES string of the molecule is Cn1cc(S(=O)(=O)NC(C)(C)c2nccs2)cc1C(=O)O. The summed E-state index contributed by atoms with van der Waals surface area (Å²) in [5, 5.41) is 11.4. The Hall–Kier alpha value is -1.71. The van der Waals surface area contributed by atoms with E-state index < -0.39 is 21.5 Å². The molecule has 2 rings (SSSR count). The fraction of sp³-hybridized carbons (Fsp3) is 0.333. The Bertz CT molecular complexity index is 761. The van der Waals surface area contributed by atoms with Gasteiger partial charge in [-0.05, 0) is 19.9 Å². The zero-order valence-corrected chi connectivity index (χ0v) is 13.3. The fourth-order valence-corrected chi connectivity index (χ4v) is 4.10. The van der Waals surface area contributed by atoms with Crippen molar-refractivity contribution in [1.29, 1.82) is 0 Å². The summed E-state index contributed by atoms with van der Waals surface area (Å²) in [6, 6.07) is 1.13. The summed E-state index contributed by atoms with van der Waals surface area (Å²) >= 11 is 1.34. The molecule has 114 valence electrons. The summed E-state index contributed by atoms with van der Waals surface area (Å²) in [6.45, 7) is 3.40. The summed E-state index contributed by atoms with van der Waals surface area (Å²) in [5.41, 5.74) is -0.978. The van der Waals surface area contributed by atoms with Crippen LogP contribution in [0.5, 0.6) is 0 Å². The van der Waals surface area contributed by atoms with Gasteiger partial charge in [0, 0.05) is 24.8 Å². The number of aryl methyl sites for hydroxylation is 1. The minimum Gasteiger partial charge on any atom is -0.477 e. The molecule has 0 saturated heterocycles. The van der Waals surface area contributed by atoms with Crippen molar-refractivity contribution in [3.63, 3.8) is 0 Å². The second kappa shape index (κ2) is 5.24. The van der Waals surface area contributed by atoms with Gasteiger partial charge in [0.05, 0.1) is 5.54 Å². The lowest BCUT2D eigenvalue weighted by Crippen LogP contribution is -2.40. The minimum absolute atomic E-state index is 0.0907. The minimum atomic E-state index is -3.85. The summed E-state index contributed by atoms with van der Waals surface area (Å²) < 4.78 is 28.6. The monoisotopic (exact) mass is 329 g/mol. The largest absolute Gasteiger partial charge is 0.477 e. The Morgan fingerprint density at radius 1 is 1.48 bits per heavy atom. The number of carbonyl (C=O) groups is 1. The molecule has 0 aliphatic rings. The maximum absolute atomic E-state index is 12.4. The standard InChI is InChI=1S/C12H15N3O4S2/c1-12(2,11-13-4-5-20-11)14-21(18,19)8-6-9(10(16)17)15(3)7-8/h4-7,14H,1-3H3,(H,16,17). The summed E-state index contributed by atoms with van der Waals surface area (Å²) in [7, 11) is -2.37. The van der Waals surface area contributed by atoms with Gasteiger partial charge in [0.25, 0.3) is 0 Å². The lowest BCUT2D eigenvalue weighted by Gasteiger charge is -2.23. The smallest absolute Gasteiger partial charge is 0.352 e. The third-order valence-corrected chi connectivity index (χ3v) is 5.59. The lowest BCUT2D eigenvalue weighted by molar-refractivity contribution is 0.0686. The van der Waals surface area contributed by atoms with Crippen molar-refractivity contribution < 1.29 is 18.3 Å².